The van der Waals surface area contributed by atoms with Crippen LogP contribution in [0.25, 0.3) is 0 Å². The van der Waals surface area contributed by atoms with Crippen LogP contribution < -0.4 is 5.32 Å². The summed E-state index contributed by atoms with van der Waals surface area (Å²) < 4.78 is 5.52. The maximum atomic E-state index is 12.3. The highest BCUT2D eigenvalue weighted by Gasteiger charge is 2.24. The van der Waals surface area contributed by atoms with E-state index in [0.717, 1.165) is 41.4 Å². The Labute approximate surface area is 109 Å². The second kappa shape index (κ2) is 5.17. The normalized spacial score (nSPS) is 24.0. The Balaban J connectivity index is 2.07. The van der Waals surface area contributed by atoms with Gasteiger partial charge in [-0.3, -0.25) is 4.79 Å². The van der Waals surface area contributed by atoms with Gasteiger partial charge >= 0.3 is 0 Å². The molecular formula is C15H23NO2. The first-order chi connectivity index (χ1) is 8.49. The van der Waals surface area contributed by atoms with Crippen LogP contribution in [0.2, 0.25) is 0 Å². The van der Waals surface area contributed by atoms with Gasteiger partial charge in [0.05, 0.1) is 5.56 Å². The molecule has 18 heavy (non-hydrogen) atoms. The van der Waals surface area contributed by atoms with Gasteiger partial charge in [0.25, 0.3) is 5.91 Å². The van der Waals surface area contributed by atoms with E-state index >= 15 is 0 Å². The van der Waals surface area contributed by atoms with Crippen molar-refractivity contribution < 1.29 is 9.21 Å². The Hall–Kier alpha value is -1.25. The second-order valence-electron chi connectivity index (χ2n) is 5.66. The zero-order valence-corrected chi connectivity index (χ0v) is 11.8. The van der Waals surface area contributed by atoms with E-state index in [-0.39, 0.29) is 5.91 Å². The summed E-state index contributed by atoms with van der Waals surface area (Å²) in [5.41, 5.74) is 1.69. The lowest BCUT2D eigenvalue weighted by Crippen LogP contribution is -2.38. The van der Waals surface area contributed by atoms with Crippen LogP contribution in [0.5, 0.6) is 0 Å². The molecular weight excluding hydrogens is 226 g/mol. The Bertz CT molecular complexity index is 448. The van der Waals surface area contributed by atoms with Gasteiger partial charge in [-0.1, -0.05) is 19.8 Å². The lowest BCUT2D eigenvalue weighted by atomic mass is 9.87. The Morgan fingerprint density at radius 3 is 2.50 bits per heavy atom. The van der Waals surface area contributed by atoms with Crippen molar-refractivity contribution >= 4 is 5.91 Å². The van der Waals surface area contributed by atoms with E-state index in [1.165, 1.54) is 12.8 Å². The van der Waals surface area contributed by atoms with Crippen molar-refractivity contribution in [1.82, 2.24) is 5.32 Å². The number of furan rings is 1. The van der Waals surface area contributed by atoms with Crippen molar-refractivity contribution in [2.45, 2.75) is 59.4 Å². The first-order valence-corrected chi connectivity index (χ1v) is 6.86. The van der Waals surface area contributed by atoms with Gasteiger partial charge in [-0.15, -0.1) is 0 Å². The molecule has 1 fully saturated rings. The average molecular weight is 249 g/mol. The fourth-order valence-corrected chi connectivity index (χ4v) is 2.95. The number of amides is 1. The Morgan fingerprint density at radius 1 is 1.22 bits per heavy atom. The predicted molar refractivity (Wildman–Crippen MR) is 71.8 cm³/mol. The van der Waals surface area contributed by atoms with Gasteiger partial charge in [0.15, 0.2) is 0 Å². The highest BCUT2D eigenvalue weighted by atomic mass is 16.3. The molecule has 1 aliphatic rings. The van der Waals surface area contributed by atoms with Gasteiger partial charge in [0, 0.05) is 11.6 Å². The molecule has 0 spiro atoms. The largest absolute Gasteiger partial charge is 0.466 e. The molecule has 0 bridgehead atoms. The van der Waals surface area contributed by atoms with Crippen molar-refractivity contribution in [3.8, 4) is 0 Å². The molecule has 0 aromatic carbocycles. The number of hydrogen-bond acceptors (Lipinski definition) is 2. The van der Waals surface area contributed by atoms with Crippen LogP contribution in [0.1, 0.15) is 60.0 Å². The lowest BCUT2D eigenvalue weighted by molar-refractivity contribution is 0.0919. The summed E-state index contributed by atoms with van der Waals surface area (Å²) in [6.07, 6.45) is 4.70. The van der Waals surface area contributed by atoms with E-state index in [4.69, 9.17) is 4.42 Å². The average Bonchev–Trinajstić information content (AvgIpc) is 2.53. The van der Waals surface area contributed by atoms with Crippen LogP contribution in [0.15, 0.2) is 4.42 Å². The summed E-state index contributed by atoms with van der Waals surface area (Å²) in [5.74, 6) is 2.32. The van der Waals surface area contributed by atoms with Crippen molar-refractivity contribution in [2.24, 2.45) is 5.92 Å². The summed E-state index contributed by atoms with van der Waals surface area (Å²) in [6, 6.07) is 0.329. The van der Waals surface area contributed by atoms with Gasteiger partial charge in [-0.05, 0) is 39.5 Å². The first kappa shape index (κ1) is 13.2. The SMILES string of the molecule is Cc1oc(C)c(C(=O)NC2CCCC(C)C2)c1C. The molecule has 1 aromatic rings. The van der Waals surface area contributed by atoms with Gasteiger partial charge in [0.2, 0.25) is 0 Å². The first-order valence-electron chi connectivity index (χ1n) is 6.86. The third-order valence-corrected chi connectivity index (χ3v) is 4.06. The summed E-state index contributed by atoms with van der Waals surface area (Å²) >= 11 is 0. The van der Waals surface area contributed by atoms with E-state index in [9.17, 15) is 4.79 Å². The number of nitrogens with one attached hydrogen (secondary N) is 1. The van der Waals surface area contributed by atoms with Crippen molar-refractivity contribution in [3.05, 3.63) is 22.6 Å². The molecule has 0 saturated heterocycles. The molecule has 3 nitrogen and oxygen atoms in total. The number of carbonyl (C=O) groups excluding carboxylic acids is 1. The Kier molecular flexibility index (Phi) is 3.79. The molecule has 100 valence electrons. The van der Waals surface area contributed by atoms with Crippen LogP contribution in [0.4, 0.5) is 0 Å². The van der Waals surface area contributed by atoms with Crippen LogP contribution in [0, 0.1) is 26.7 Å². The maximum absolute atomic E-state index is 12.3. The molecule has 1 aromatic heterocycles. The number of rotatable bonds is 2. The molecule has 2 atom stereocenters. The summed E-state index contributed by atoms with van der Waals surface area (Å²) in [5, 5.41) is 3.16. The van der Waals surface area contributed by atoms with Crippen molar-refractivity contribution in [2.75, 3.05) is 0 Å². The maximum Gasteiger partial charge on any atom is 0.255 e. The zero-order valence-electron chi connectivity index (χ0n) is 11.8. The minimum Gasteiger partial charge on any atom is -0.466 e. The number of hydrogen-bond donors (Lipinski definition) is 1. The minimum atomic E-state index is 0.0287. The Morgan fingerprint density at radius 2 is 1.94 bits per heavy atom. The molecule has 2 rings (SSSR count). The molecule has 1 N–H and O–H groups in total. The van der Waals surface area contributed by atoms with E-state index < -0.39 is 0 Å². The van der Waals surface area contributed by atoms with Gasteiger partial charge in [-0.25, -0.2) is 0 Å². The molecule has 1 saturated carbocycles. The molecule has 2 unspecified atom stereocenters. The lowest BCUT2D eigenvalue weighted by Gasteiger charge is -2.27. The predicted octanol–water partition coefficient (Wildman–Crippen LogP) is 3.51. The summed E-state index contributed by atoms with van der Waals surface area (Å²) in [6.45, 7) is 7.97. The number of aryl methyl sites for hydroxylation is 2. The minimum absolute atomic E-state index is 0.0287. The fraction of sp³-hybridized carbons (Fsp3) is 0.667. The van der Waals surface area contributed by atoms with E-state index in [1.807, 2.05) is 20.8 Å². The topological polar surface area (TPSA) is 42.2 Å². The van der Waals surface area contributed by atoms with E-state index in [0.29, 0.717) is 6.04 Å². The molecule has 0 radical (unpaired) electrons. The highest BCUT2D eigenvalue weighted by Crippen LogP contribution is 2.25. The third-order valence-electron chi connectivity index (χ3n) is 4.06. The van der Waals surface area contributed by atoms with E-state index in [2.05, 4.69) is 12.2 Å². The highest BCUT2D eigenvalue weighted by molar-refractivity contribution is 5.97. The van der Waals surface area contributed by atoms with Gasteiger partial charge < -0.3 is 9.73 Å². The van der Waals surface area contributed by atoms with Crippen LogP contribution in [-0.2, 0) is 0 Å². The molecule has 1 aliphatic carbocycles. The molecule has 3 heteroatoms. The van der Waals surface area contributed by atoms with Crippen LogP contribution in [0.3, 0.4) is 0 Å². The van der Waals surface area contributed by atoms with Crippen molar-refractivity contribution in [3.63, 3.8) is 0 Å². The molecule has 1 heterocycles. The zero-order chi connectivity index (χ0) is 13.3. The fourth-order valence-electron chi connectivity index (χ4n) is 2.95. The summed E-state index contributed by atoms with van der Waals surface area (Å²) in [7, 11) is 0. The number of carbonyl (C=O) groups is 1. The van der Waals surface area contributed by atoms with Crippen molar-refractivity contribution in [1.29, 1.82) is 0 Å². The third kappa shape index (κ3) is 2.60. The van der Waals surface area contributed by atoms with Gasteiger partial charge in [-0.2, -0.15) is 0 Å². The molecule has 1 amide bonds. The monoisotopic (exact) mass is 249 g/mol. The van der Waals surface area contributed by atoms with E-state index in [1.54, 1.807) is 0 Å². The quantitative estimate of drug-likeness (QED) is 0.871. The standard InChI is InChI=1S/C15H23NO2/c1-9-6-5-7-13(8-9)16-15(17)14-10(2)11(3)18-12(14)4/h9,13H,5-8H2,1-4H3,(H,16,17). The molecule has 0 aliphatic heterocycles. The second-order valence-corrected chi connectivity index (χ2v) is 5.66. The van der Waals surface area contributed by atoms with Crippen LogP contribution >= 0.6 is 0 Å². The van der Waals surface area contributed by atoms with Crippen LogP contribution in [-0.4, -0.2) is 11.9 Å². The summed E-state index contributed by atoms with van der Waals surface area (Å²) in [4.78, 5) is 12.3. The van der Waals surface area contributed by atoms with Gasteiger partial charge in [0.1, 0.15) is 11.5 Å². The smallest absolute Gasteiger partial charge is 0.255 e.